The van der Waals surface area contributed by atoms with Crippen LogP contribution in [-0.2, 0) is 14.6 Å². The van der Waals surface area contributed by atoms with Crippen LogP contribution in [0.5, 0.6) is 0 Å². The van der Waals surface area contributed by atoms with Crippen molar-refractivity contribution in [1.29, 1.82) is 0 Å². The van der Waals surface area contributed by atoms with Gasteiger partial charge in [-0.1, -0.05) is 0 Å². The van der Waals surface area contributed by atoms with E-state index in [9.17, 15) is 13.5 Å². The third-order valence-electron chi connectivity index (χ3n) is 1.91. The van der Waals surface area contributed by atoms with Crippen molar-refractivity contribution in [3.05, 3.63) is 0 Å². The molecule has 0 aromatic heterocycles. The van der Waals surface area contributed by atoms with Crippen LogP contribution in [0.15, 0.2) is 0 Å². The summed E-state index contributed by atoms with van der Waals surface area (Å²) in [5.41, 5.74) is -0.128. The van der Waals surface area contributed by atoms with Crippen molar-refractivity contribution >= 4 is 9.84 Å². The second-order valence-corrected chi connectivity index (χ2v) is 7.12. The number of aliphatic hydroxyl groups excluding tert-OH is 1. The number of ether oxygens (including phenoxy) is 1. The van der Waals surface area contributed by atoms with Crippen molar-refractivity contribution in [2.24, 2.45) is 0 Å². The minimum Gasteiger partial charge on any atom is -0.391 e. The maximum Gasteiger partial charge on any atom is 0.155 e. The number of hydrogen-bond donors (Lipinski definition) is 2. The third kappa shape index (κ3) is 9.08. The van der Waals surface area contributed by atoms with Crippen LogP contribution < -0.4 is 5.32 Å². The van der Waals surface area contributed by atoms with E-state index in [4.69, 9.17) is 4.74 Å². The van der Waals surface area contributed by atoms with Gasteiger partial charge in [0.25, 0.3) is 0 Å². The molecule has 1 atom stereocenters. The van der Waals surface area contributed by atoms with Gasteiger partial charge in [-0.05, 0) is 20.8 Å². The van der Waals surface area contributed by atoms with E-state index in [1.165, 1.54) is 7.11 Å². The molecular formula is C10H23NO4S. The lowest BCUT2D eigenvalue weighted by Crippen LogP contribution is -2.43. The molecule has 0 saturated heterocycles. The van der Waals surface area contributed by atoms with Gasteiger partial charge in [0, 0.05) is 19.2 Å². The van der Waals surface area contributed by atoms with Crippen LogP contribution in [0.25, 0.3) is 0 Å². The summed E-state index contributed by atoms with van der Waals surface area (Å²) < 4.78 is 27.6. The molecule has 0 spiro atoms. The zero-order chi connectivity index (χ0) is 12.8. The number of methoxy groups -OCH3 is 1. The summed E-state index contributed by atoms with van der Waals surface area (Å²) in [5, 5.41) is 12.6. The molecule has 5 nitrogen and oxygen atoms in total. The summed E-state index contributed by atoms with van der Waals surface area (Å²) in [6, 6.07) is 0. The Morgan fingerprint density at radius 3 is 2.38 bits per heavy atom. The van der Waals surface area contributed by atoms with E-state index >= 15 is 0 Å². The minimum absolute atomic E-state index is 0.0456. The molecule has 0 amide bonds. The van der Waals surface area contributed by atoms with Crippen LogP contribution >= 0.6 is 0 Å². The fourth-order valence-corrected chi connectivity index (χ4v) is 2.36. The summed E-state index contributed by atoms with van der Waals surface area (Å²) in [4.78, 5) is 0. The molecule has 0 aliphatic heterocycles. The quantitative estimate of drug-likeness (QED) is 0.657. The van der Waals surface area contributed by atoms with Crippen molar-refractivity contribution in [2.75, 3.05) is 31.8 Å². The minimum atomic E-state index is -3.23. The highest BCUT2D eigenvalue weighted by Crippen LogP contribution is 2.00. The molecule has 0 fully saturated rings. The molecule has 0 heterocycles. The Labute approximate surface area is 98.1 Å². The van der Waals surface area contributed by atoms with Gasteiger partial charge < -0.3 is 15.2 Å². The standard InChI is InChI=1S/C10H23NO4S/c1-10(2,3)11-7-9(12)8-16(13,14)6-5-15-4/h9,11-12H,5-8H2,1-4H3. The van der Waals surface area contributed by atoms with Crippen molar-refractivity contribution in [3.63, 3.8) is 0 Å². The molecule has 0 aliphatic rings. The maximum atomic E-state index is 11.5. The third-order valence-corrected chi connectivity index (χ3v) is 3.59. The van der Waals surface area contributed by atoms with Gasteiger partial charge in [0.2, 0.25) is 0 Å². The van der Waals surface area contributed by atoms with Gasteiger partial charge in [0.1, 0.15) is 0 Å². The van der Waals surface area contributed by atoms with E-state index in [-0.39, 0.29) is 30.2 Å². The Kier molecular flexibility index (Phi) is 6.47. The second kappa shape index (κ2) is 6.54. The lowest BCUT2D eigenvalue weighted by molar-refractivity contribution is 0.180. The number of rotatable bonds is 7. The SMILES string of the molecule is COCCS(=O)(=O)CC(O)CNC(C)(C)C. The Hall–Kier alpha value is -0.170. The van der Waals surface area contributed by atoms with Crippen LogP contribution in [0.1, 0.15) is 20.8 Å². The maximum absolute atomic E-state index is 11.5. The fraction of sp³-hybridized carbons (Fsp3) is 1.00. The zero-order valence-corrected chi connectivity index (χ0v) is 11.3. The molecule has 1 unspecified atom stereocenters. The predicted molar refractivity (Wildman–Crippen MR) is 64.3 cm³/mol. The summed E-state index contributed by atoms with van der Waals surface area (Å²) >= 11 is 0. The molecule has 0 bridgehead atoms. The van der Waals surface area contributed by atoms with Crippen molar-refractivity contribution < 1.29 is 18.3 Å². The van der Waals surface area contributed by atoms with E-state index in [1.54, 1.807) is 0 Å². The lowest BCUT2D eigenvalue weighted by Gasteiger charge is -2.22. The van der Waals surface area contributed by atoms with Crippen LogP contribution in [-0.4, -0.2) is 56.9 Å². The number of nitrogens with one attached hydrogen (secondary N) is 1. The Morgan fingerprint density at radius 1 is 1.38 bits per heavy atom. The van der Waals surface area contributed by atoms with Crippen LogP contribution in [0, 0.1) is 0 Å². The molecule has 6 heteroatoms. The normalized spacial score (nSPS) is 15.1. The molecule has 2 N–H and O–H groups in total. The average Bonchev–Trinajstić information content (AvgIpc) is 2.10. The molecule has 0 rings (SSSR count). The van der Waals surface area contributed by atoms with Gasteiger partial charge in [-0.2, -0.15) is 0 Å². The molecule has 16 heavy (non-hydrogen) atoms. The molecule has 0 aromatic carbocycles. The zero-order valence-electron chi connectivity index (χ0n) is 10.5. The van der Waals surface area contributed by atoms with Gasteiger partial charge in [-0.3, -0.25) is 0 Å². The number of β-amino-alcohol motifs (C(OH)–C–C–N with tert-alkyl or cyclic N) is 1. The van der Waals surface area contributed by atoms with Crippen molar-refractivity contribution in [2.45, 2.75) is 32.4 Å². The number of sulfone groups is 1. The highest BCUT2D eigenvalue weighted by molar-refractivity contribution is 7.91. The fourth-order valence-electron chi connectivity index (χ4n) is 1.07. The van der Waals surface area contributed by atoms with Crippen LogP contribution in [0.3, 0.4) is 0 Å². The van der Waals surface area contributed by atoms with Gasteiger partial charge >= 0.3 is 0 Å². The summed E-state index contributed by atoms with van der Waals surface area (Å²) in [7, 11) is -1.77. The van der Waals surface area contributed by atoms with Gasteiger partial charge in [-0.25, -0.2) is 8.42 Å². The topological polar surface area (TPSA) is 75.6 Å². The molecule has 98 valence electrons. The van der Waals surface area contributed by atoms with Crippen LogP contribution in [0.4, 0.5) is 0 Å². The van der Waals surface area contributed by atoms with Crippen molar-refractivity contribution in [3.8, 4) is 0 Å². The monoisotopic (exact) mass is 253 g/mol. The second-order valence-electron chi connectivity index (χ2n) is 4.89. The average molecular weight is 253 g/mol. The van der Waals surface area contributed by atoms with E-state index in [0.717, 1.165) is 0 Å². The molecule has 0 aromatic rings. The molecule has 0 radical (unpaired) electrons. The first-order valence-corrected chi connectivity index (χ1v) is 7.11. The Morgan fingerprint density at radius 2 is 1.94 bits per heavy atom. The number of hydrogen-bond acceptors (Lipinski definition) is 5. The Bertz CT molecular complexity index is 282. The first-order valence-electron chi connectivity index (χ1n) is 5.29. The van der Waals surface area contributed by atoms with E-state index in [2.05, 4.69) is 5.32 Å². The van der Waals surface area contributed by atoms with E-state index in [1.807, 2.05) is 20.8 Å². The lowest BCUT2D eigenvalue weighted by atomic mass is 10.1. The number of aliphatic hydroxyl groups is 1. The summed E-state index contributed by atoms with van der Waals surface area (Å²) in [6.07, 6.45) is -0.874. The molecule has 0 saturated carbocycles. The first-order chi connectivity index (χ1) is 7.16. The summed E-state index contributed by atoms with van der Waals surface area (Å²) in [5.74, 6) is -0.268. The van der Waals surface area contributed by atoms with Gasteiger partial charge in [0.05, 0.1) is 24.2 Å². The van der Waals surface area contributed by atoms with Crippen LogP contribution in [0.2, 0.25) is 0 Å². The van der Waals surface area contributed by atoms with E-state index in [0.29, 0.717) is 0 Å². The van der Waals surface area contributed by atoms with Gasteiger partial charge in [-0.15, -0.1) is 0 Å². The molecule has 0 aliphatic carbocycles. The summed E-state index contributed by atoms with van der Waals surface area (Å²) in [6.45, 7) is 6.31. The largest absolute Gasteiger partial charge is 0.391 e. The van der Waals surface area contributed by atoms with Gasteiger partial charge in [0.15, 0.2) is 9.84 Å². The smallest absolute Gasteiger partial charge is 0.155 e. The first kappa shape index (κ1) is 15.8. The predicted octanol–water partition coefficient (Wildman–Crippen LogP) is -0.203. The Balaban J connectivity index is 3.99. The molecular weight excluding hydrogens is 230 g/mol. The van der Waals surface area contributed by atoms with E-state index < -0.39 is 15.9 Å². The van der Waals surface area contributed by atoms with Crippen molar-refractivity contribution in [1.82, 2.24) is 5.32 Å². The highest BCUT2D eigenvalue weighted by atomic mass is 32.2. The highest BCUT2D eigenvalue weighted by Gasteiger charge is 2.19.